The summed E-state index contributed by atoms with van der Waals surface area (Å²) in [5.74, 6) is 0.370. The van der Waals surface area contributed by atoms with Crippen molar-refractivity contribution >= 4 is 11.6 Å². The summed E-state index contributed by atoms with van der Waals surface area (Å²) in [5.41, 5.74) is -0.764. The molecule has 3 aromatic rings. The van der Waals surface area contributed by atoms with Crippen molar-refractivity contribution in [2.24, 2.45) is 0 Å². The minimum Gasteiger partial charge on any atom is -0.454 e. The van der Waals surface area contributed by atoms with E-state index < -0.39 is 17.8 Å². The normalized spacial score (nSPS) is 13.4. The molecule has 1 amide bonds. The molecule has 0 atom stereocenters. The van der Waals surface area contributed by atoms with Crippen LogP contribution in [0.25, 0.3) is 16.9 Å². The van der Waals surface area contributed by atoms with Gasteiger partial charge in [0.05, 0.1) is 5.69 Å². The molecule has 0 aliphatic carbocycles. The lowest BCUT2D eigenvalue weighted by molar-refractivity contribution is -0.142. The molecule has 0 unspecified atom stereocenters. The standard InChI is InChI=1S/C18H15F3N4O3/c1-9(2)22-17(26)12-7-16-23-11(6-15(18(19,20)21)25(16)24-12)10-3-4-13-14(5-10)28-8-27-13/h3-7,9H,8H2,1-2H3,(H,22,26). The Morgan fingerprint density at radius 3 is 2.64 bits per heavy atom. The van der Waals surface area contributed by atoms with Gasteiger partial charge in [-0.1, -0.05) is 0 Å². The Labute approximate surface area is 157 Å². The number of aromatic nitrogens is 3. The van der Waals surface area contributed by atoms with Crippen LogP contribution in [-0.2, 0) is 6.18 Å². The van der Waals surface area contributed by atoms with Crippen LogP contribution in [0.3, 0.4) is 0 Å². The van der Waals surface area contributed by atoms with E-state index in [1.807, 2.05) is 0 Å². The zero-order valence-corrected chi connectivity index (χ0v) is 14.9. The van der Waals surface area contributed by atoms with E-state index in [4.69, 9.17) is 9.47 Å². The monoisotopic (exact) mass is 392 g/mol. The van der Waals surface area contributed by atoms with Gasteiger partial charge in [0.2, 0.25) is 6.79 Å². The molecule has 1 aliphatic heterocycles. The van der Waals surface area contributed by atoms with E-state index in [1.54, 1.807) is 32.0 Å². The van der Waals surface area contributed by atoms with E-state index in [2.05, 4.69) is 15.4 Å². The molecule has 3 heterocycles. The summed E-state index contributed by atoms with van der Waals surface area (Å²) in [4.78, 5) is 16.4. The second-order valence-corrected chi connectivity index (χ2v) is 6.52. The second-order valence-electron chi connectivity index (χ2n) is 6.52. The summed E-state index contributed by atoms with van der Waals surface area (Å²) in [5, 5.41) is 6.40. The first-order chi connectivity index (χ1) is 13.2. The highest BCUT2D eigenvalue weighted by Crippen LogP contribution is 2.37. The number of fused-ring (bicyclic) bond motifs is 2. The molecule has 1 aromatic carbocycles. The average Bonchev–Trinajstić information content (AvgIpc) is 3.25. The quantitative estimate of drug-likeness (QED) is 0.740. The fourth-order valence-electron chi connectivity index (χ4n) is 2.83. The Morgan fingerprint density at radius 2 is 1.93 bits per heavy atom. The maximum Gasteiger partial charge on any atom is 0.433 e. The van der Waals surface area contributed by atoms with E-state index in [1.165, 1.54) is 6.07 Å². The summed E-state index contributed by atoms with van der Waals surface area (Å²) in [6.07, 6.45) is -4.69. The number of benzene rings is 1. The smallest absolute Gasteiger partial charge is 0.433 e. The molecule has 0 radical (unpaired) electrons. The molecule has 28 heavy (non-hydrogen) atoms. The van der Waals surface area contributed by atoms with E-state index in [9.17, 15) is 18.0 Å². The van der Waals surface area contributed by atoms with Gasteiger partial charge < -0.3 is 14.8 Å². The highest BCUT2D eigenvalue weighted by molar-refractivity contribution is 5.93. The number of nitrogens with one attached hydrogen (secondary N) is 1. The molecule has 0 bridgehead atoms. The van der Waals surface area contributed by atoms with E-state index in [-0.39, 0.29) is 29.9 Å². The Morgan fingerprint density at radius 1 is 1.18 bits per heavy atom. The fraction of sp³-hybridized carbons (Fsp3) is 0.278. The number of carbonyl (C=O) groups excluding carboxylic acids is 1. The zero-order valence-electron chi connectivity index (χ0n) is 14.9. The van der Waals surface area contributed by atoms with Crippen molar-refractivity contribution in [3.63, 3.8) is 0 Å². The van der Waals surface area contributed by atoms with Crippen molar-refractivity contribution in [2.75, 3.05) is 6.79 Å². The second kappa shape index (κ2) is 6.39. The lowest BCUT2D eigenvalue weighted by Crippen LogP contribution is -2.30. The first kappa shape index (κ1) is 18.1. The summed E-state index contributed by atoms with van der Waals surface area (Å²) in [6.45, 7) is 3.53. The number of rotatable bonds is 3. The van der Waals surface area contributed by atoms with Crippen molar-refractivity contribution in [1.29, 1.82) is 0 Å². The van der Waals surface area contributed by atoms with Gasteiger partial charge in [-0.25, -0.2) is 9.50 Å². The van der Waals surface area contributed by atoms with Crippen LogP contribution in [0.1, 0.15) is 30.0 Å². The fourth-order valence-corrected chi connectivity index (χ4v) is 2.83. The first-order valence-electron chi connectivity index (χ1n) is 8.41. The van der Waals surface area contributed by atoms with Gasteiger partial charge in [-0.3, -0.25) is 4.79 Å². The summed E-state index contributed by atoms with van der Waals surface area (Å²) >= 11 is 0. The third-order valence-corrected chi connectivity index (χ3v) is 4.04. The highest BCUT2D eigenvalue weighted by Gasteiger charge is 2.36. The number of alkyl halides is 3. The Kier molecular flexibility index (Phi) is 4.13. The lowest BCUT2D eigenvalue weighted by Gasteiger charge is -2.11. The number of nitrogens with zero attached hydrogens (tertiary/aromatic N) is 3. The molecule has 0 saturated heterocycles. The molecule has 2 aromatic heterocycles. The Hall–Kier alpha value is -3.30. The van der Waals surface area contributed by atoms with Crippen LogP contribution in [0.2, 0.25) is 0 Å². The summed E-state index contributed by atoms with van der Waals surface area (Å²) in [6, 6.07) is 6.69. The molecule has 1 aliphatic rings. The number of hydrogen-bond acceptors (Lipinski definition) is 5. The van der Waals surface area contributed by atoms with Gasteiger partial charge in [-0.2, -0.15) is 18.3 Å². The van der Waals surface area contributed by atoms with Crippen molar-refractivity contribution < 1.29 is 27.4 Å². The van der Waals surface area contributed by atoms with Gasteiger partial charge >= 0.3 is 6.18 Å². The minimum atomic E-state index is -4.69. The van der Waals surface area contributed by atoms with E-state index >= 15 is 0 Å². The van der Waals surface area contributed by atoms with Gasteiger partial charge in [0.25, 0.3) is 5.91 Å². The summed E-state index contributed by atoms with van der Waals surface area (Å²) < 4.78 is 52.0. The summed E-state index contributed by atoms with van der Waals surface area (Å²) in [7, 11) is 0. The third-order valence-electron chi connectivity index (χ3n) is 4.04. The molecule has 1 N–H and O–H groups in total. The topological polar surface area (TPSA) is 77.8 Å². The average molecular weight is 392 g/mol. The van der Waals surface area contributed by atoms with Crippen LogP contribution in [0.5, 0.6) is 11.5 Å². The number of carbonyl (C=O) groups is 1. The van der Waals surface area contributed by atoms with E-state index in [0.29, 0.717) is 21.6 Å². The zero-order chi connectivity index (χ0) is 20.1. The molecule has 7 nitrogen and oxygen atoms in total. The predicted molar refractivity (Wildman–Crippen MR) is 92.2 cm³/mol. The van der Waals surface area contributed by atoms with E-state index in [0.717, 1.165) is 6.07 Å². The molecule has 0 spiro atoms. The molecule has 4 rings (SSSR count). The number of halogens is 3. The Bertz CT molecular complexity index is 1080. The number of amides is 1. The number of hydrogen-bond donors (Lipinski definition) is 1. The van der Waals surface area contributed by atoms with Crippen molar-refractivity contribution in [3.05, 3.63) is 41.7 Å². The van der Waals surface area contributed by atoms with Crippen LogP contribution in [0.15, 0.2) is 30.3 Å². The van der Waals surface area contributed by atoms with Crippen LogP contribution in [0.4, 0.5) is 13.2 Å². The highest BCUT2D eigenvalue weighted by atomic mass is 19.4. The third kappa shape index (κ3) is 3.21. The molecular formula is C18H15F3N4O3. The molecule has 0 saturated carbocycles. The molecule has 0 fully saturated rings. The van der Waals surface area contributed by atoms with Crippen molar-refractivity contribution in [2.45, 2.75) is 26.1 Å². The first-order valence-corrected chi connectivity index (χ1v) is 8.41. The minimum absolute atomic E-state index is 0.0516. The maximum atomic E-state index is 13.6. The SMILES string of the molecule is CC(C)NC(=O)c1cc2nc(-c3ccc4c(c3)OCO4)cc(C(F)(F)F)n2n1. The van der Waals surface area contributed by atoms with Crippen molar-refractivity contribution in [3.8, 4) is 22.8 Å². The molecule has 10 heteroatoms. The van der Waals surface area contributed by atoms with Gasteiger partial charge in [-0.15, -0.1) is 0 Å². The van der Waals surface area contributed by atoms with Crippen LogP contribution >= 0.6 is 0 Å². The maximum absolute atomic E-state index is 13.6. The Balaban J connectivity index is 1.85. The largest absolute Gasteiger partial charge is 0.454 e. The van der Waals surface area contributed by atoms with Gasteiger partial charge in [0.15, 0.2) is 28.5 Å². The van der Waals surface area contributed by atoms with Gasteiger partial charge in [0.1, 0.15) is 0 Å². The van der Waals surface area contributed by atoms with Crippen molar-refractivity contribution in [1.82, 2.24) is 19.9 Å². The predicted octanol–water partition coefficient (Wildman–Crippen LogP) is 3.28. The van der Waals surface area contributed by atoms with Crippen LogP contribution in [-0.4, -0.2) is 33.3 Å². The number of ether oxygens (including phenoxy) is 2. The van der Waals surface area contributed by atoms with Crippen LogP contribution in [0, 0.1) is 0 Å². The molecule has 146 valence electrons. The molecular weight excluding hydrogens is 377 g/mol. The van der Waals surface area contributed by atoms with Crippen LogP contribution < -0.4 is 14.8 Å². The van der Waals surface area contributed by atoms with Gasteiger partial charge in [0, 0.05) is 17.7 Å². The van der Waals surface area contributed by atoms with Gasteiger partial charge in [-0.05, 0) is 38.1 Å². The lowest BCUT2D eigenvalue weighted by atomic mass is 10.1.